The number of hydrogen-bond acceptors (Lipinski definition) is 3. The van der Waals surface area contributed by atoms with E-state index in [-0.39, 0.29) is 0 Å². The lowest BCUT2D eigenvalue weighted by Gasteiger charge is -2.38. The lowest BCUT2D eigenvalue weighted by Crippen LogP contribution is -2.37. The molecule has 94 valence electrons. The second kappa shape index (κ2) is 4.96. The molecule has 0 atom stereocenters. The second-order valence-corrected chi connectivity index (χ2v) is 5.33. The lowest BCUT2D eigenvalue weighted by molar-refractivity contribution is 0.156. The highest BCUT2D eigenvalue weighted by molar-refractivity contribution is 5.51. The van der Waals surface area contributed by atoms with Crippen molar-refractivity contribution in [1.29, 1.82) is 0 Å². The molecule has 0 saturated heterocycles. The minimum Gasteiger partial charge on any atom is -0.497 e. The molecule has 3 heteroatoms. The number of methoxy groups -OCH3 is 1. The fraction of sp³-hybridized carbons (Fsp3) is 0.571. The largest absolute Gasteiger partial charge is 0.497 e. The van der Waals surface area contributed by atoms with Crippen LogP contribution < -0.4 is 15.8 Å². The first-order valence-electron chi connectivity index (χ1n) is 6.26. The zero-order chi connectivity index (χ0) is 12.3. The molecule has 17 heavy (non-hydrogen) atoms. The van der Waals surface area contributed by atoms with Crippen LogP contribution in [0.4, 0.5) is 5.69 Å². The number of nitrogens with two attached hydrogens (primary N) is 1. The fourth-order valence-electron chi connectivity index (χ4n) is 2.32. The molecule has 1 aromatic carbocycles. The van der Waals surface area contributed by atoms with Crippen LogP contribution in [0, 0.1) is 5.41 Å². The van der Waals surface area contributed by atoms with E-state index in [0.29, 0.717) is 5.41 Å². The van der Waals surface area contributed by atoms with Gasteiger partial charge in [0.15, 0.2) is 0 Å². The molecule has 1 saturated carbocycles. The van der Waals surface area contributed by atoms with E-state index in [2.05, 4.69) is 12.2 Å². The molecular formula is C14H22N2O. The summed E-state index contributed by atoms with van der Waals surface area (Å²) in [6, 6.07) is 5.87. The van der Waals surface area contributed by atoms with E-state index in [1.807, 2.05) is 18.2 Å². The average Bonchev–Trinajstić information content (AvgIpc) is 2.29. The van der Waals surface area contributed by atoms with E-state index in [9.17, 15) is 0 Å². The number of ether oxygens (including phenoxy) is 1. The molecule has 0 amide bonds. The summed E-state index contributed by atoms with van der Waals surface area (Å²) in [7, 11) is 1.66. The van der Waals surface area contributed by atoms with Crippen LogP contribution in [0.15, 0.2) is 18.2 Å². The zero-order valence-corrected chi connectivity index (χ0v) is 10.8. The van der Waals surface area contributed by atoms with Crippen LogP contribution in [0.3, 0.4) is 0 Å². The third kappa shape index (κ3) is 2.91. The number of nitrogen functional groups attached to an aromatic ring is 1. The molecule has 1 fully saturated rings. The Bertz CT molecular complexity index is 386. The Hall–Kier alpha value is -1.22. The zero-order valence-electron chi connectivity index (χ0n) is 10.8. The summed E-state index contributed by atoms with van der Waals surface area (Å²) in [5, 5.41) is 3.50. The summed E-state index contributed by atoms with van der Waals surface area (Å²) >= 11 is 0. The molecule has 1 aliphatic rings. The van der Waals surface area contributed by atoms with Crippen molar-refractivity contribution in [2.45, 2.75) is 32.7 Å². The minimum absolute atomic E-state index is 0.515. The molecule has 0 bridgehead atoms. The fourth-order valence-corrected chi connectivity index (χ4v) is 2.32. The Morgan fingerprint density at radius 2 is 2.18 bits per heavy atom. The molecule has 1 aliphatic carbocycles. The predicted molar refractivity (Wildman–Crippen MR) is 71.1 cm³/mol. The van der Waals surface area contributed by atoms with E-state index in [4.69, 9.17) is 10.5 Å². The lowest BCUT2D eigenvalue weighted by atomic mass is 9.70. The minimum atomic E-state index is 0.515. The predicted octanol–water partition coefficient (Wildman–Crippen LogP) is 2.56. The highest BCUT2D eigenvalue weighted by Gasteiger charge is 2.30. The van der Waals surface area contributed by atoms with E-state index in [1.165, 1.54) is 19.3 Å². The van der Waals surface area contributed by atoms with Crippen LogP contribution in [0.5, 0.6) is 5.75 Å². The van der Waals surface area contributed by atoms with E-state index in [1.54, 1.807) is 7.11 Å². The maximum absolute atomic E-state index is 5.97. The van der Waals surface area contributed by atoms with Gasteiger partial charge in [-0.05, 0) is 29.9 Å². The molecule has 0 aromatic heterocycles. The smallest absolute Gasteiger partial charge is 0.120 e. The van der Waals surface area contributed by atoms with Crippen molar-refractivity contribution in [1.82, 2.24) is 5.32 Å². The van der Waals surface area contributed by atoms with Gasteiger partial charge in [-0.1, -0.05) is 19.4 Å². The van der Waals surface area contributed by atoms with Crippen molar-refractivity contribution in [2.75, 3.05) is 19.4 Å². The number of rotatable bonds is 5. The molecule has 3 N–H and O–H groups in total. The third-order valence-electron chi connectivity index (χ3n) is 3.78. The molecule has 0 unspecified atom stereocenters. The van der Waals surface area contributed by atoms with Crippen molar-refractivity contribution < 1.29 is 4.74 Å². The molecule has 2 rings (SSSR count). The van der Waals surface area contributed by atoms with Crippen LogP contribution >= 0.6 is 0 Å². The van der Waals surface area contributed by atoms with Gasteiger partial charge < -0.3 is 15.8 Å². The summed E-state index contributed by atoms with van der Waals surface area (Å²) in [6.45, 7) is 4.27. The Kier molecular flexibility index (Phi) is 3.57. The molecular weight excluding hydrogens is 212 g/mol. The Morgan fingerprint density at radius 1 is 1.41 bits per heavy atom. The second-order valence-electron chi connectivity index (χ2n) is 5.33. The monoisotopic (exact) mass is 234 g/mol. The van der Waals surface area contributed by atoms with Crippen molar-refractivity contribution in [3.63, 3.8) is 0 Å². The van der Waals surface area contributed by atoms with Gasteiger partial charge in [0, 0.05) is 24.8 Å². The van der Waals surface area contributed by atoms with Gasteiger partial charge in [0.2, 0.25) is 0 Å². The number of benzene rings is 1. The van der Waals surface area contributed by atoms with E-state index in [0.717, 1.165) is 30.1 Å². The SMILES string of the molecule is COc1ccc(CNCC2(C)CCC2)c(N)c1. The molecule has 3 nitrogen and oxygen atoms in total. The number of hydrogen-bond donors (Lipinski definition) is 2. The van der Waals surface area contributed by atoms with Crippen LogP contribution in [-0.4, -0.2) is 13.7 Å². The Labute approximate surface area is 103 Å². The van der Waals surface area contributed by atoms with Crippen LogP contribution in [-0.2, 0) is 6.54 Å². The van der Waals surface area contributed by atoms with Gasteiger partial charge in [-0.25, -0.2) is 0 Å². The van der Waals surface area contributed by atoms with Gasteiger partial charge in [-0.3, -0.25) is 0 Å². The summed E-state index contributed by atoms with van der Waals surface area (Å²) in [5.74, 6) is 0.817. The summed E-state index contributed by atoms with van der Waals surface area (Å²) in [4.78, 5) is 0. The van der Waals surface area contributed by atoms with E-state index >= 15 is 0 Å². The average molecular weight is 234 g/mol. The molecule has 0 radical (unpaired) electrons. The quantitative estimate of drug-likeness (QED) is 0.770. The first-order valence-corrected chi connectivity index (χ1v) is 6.26. The van der Waals surface area contributed by atoms with Gasteiger partial charge in [-0.15, -0.1) is 0 Å². The first kappa shape index (κ1) is 12.2. The molecule has 1 aromatic rings. The van der Waals surface area contributed by atoms with Crippen molar-refractivity contribution >= 4 is 5.69 Å². The highest BCUT2D eigenvalue weighted by atomic mass is 16.5. The van der Waals surface area contributed by atoms with Crippen LogP contribution in [0.25, 0.3) is 0 Å². The van der Waals surface area contributed by atoms with Crippen molar-refractivity contribution in [3.05, 3.63) is 23.8 Å². The standard InChI is InChI=1S/C14H22N2O/c1-14(6-3-7-14)10-16-9-11-4-5-12(17-2)8-13(11)15/h4-5,8,16H,3,6-7,9-10,15H2,1-2H3. The maximum Gasteiger partial charge on any atom is 0.120 e. The van der Waals surface area contributed by atoms with Gasteiger partial charge >= 0.3 is 0 Å². The van der Waals surface area contributed by atoms with E-state index < -0.39 is 0 Å². The van der Waals surface area contributed by atoms with Gasteiger partial charge in [0.1, 0.15) is 5.75 Å². The Balaban J connectivity index is 1.86. The highest BCUT2D eigenvalue weighted by Crippen LogP contribution is 2.39. The number of nitrogens with one attached hydrogen (secondary N) is 1. The first-order chi connectivity index (χ1) is 8.13. The van der Waals surface area contributed by atoms with Gasteiger partial charge in [-0.2, -0.15) is 0 Å². The molecule has 0 spiro atoms. The topological polar surface area (TPSA) is 47.3 Å². The number of anilines is 1. The third-order valence-corrected chi connectivity index (χ3v) is 3.78. The summed E-state index contributed by atoms with van der Waals surface area (Å²) in [6.07, 6.45) is 4.07. The molecule has 0 aliphatic heterocycles. The van der Waals surface area contributed by atoms with Gasteiger partial charge in [0.25, 0.3) is 0 Å². The summed E-state index contributed by atoms with van der Waals surface area (Å²) in [5.41, 5.74) is 8.44. The normalized spacial score (nSPS) is 17.5. The summed E-state index contributed by atoms with van der Waals surface area (Å²) < 4.78 is 5.13. The van der Waals surface area contributed by atoms with Crippen LogP contribution in [0.1, 0.15) is 31.7 Å². The molecule has 0 heterocycles. The Morgan fingerprint density at radius 3 is 2.71 bits per heavy atom. The van der Waals surface area contributed by atoms with Gasteiger partial charge in [0.05, 0.1) is 7.11 Å². The maximum atomic E-state index is 5.97. The van der Waals surface area contributed by atoms with Crippen LogP contribution in [0.2, 0.25) is 0 Å². The van der Waals surface area contributed by atoms with Crippen molar-refractivity contribution in [3.8, 4) is 5.75 Å². The van der Waals surface area contributed by atoms with Crippen molar-refractivity contribution in [2.24, 2.45) is 5.41 Å².